The van der Waals surface area contributed by atoms with Crippen molar-refractivity contribution in [3.63, 3.8) is 0 Å². The van der Waals surface area contributed by atoms with Crippen molar-refractivity contribution in [3.05, 3.63) is 101 Å². The molecule has 3 aromatic rings. The molecule has 0 aromatic heterocycles. The Morgan fingerprint density at radius 3 is 2.05 bits per heavy atom. The zero-order valence-electron chi connectivity index (χ0n) is 22.1. The van der Waals surface area contributed by atoms with Crippen LogP contribution in [-0.2, 0) is 0 Å². The fourth-order valence-corrected chi connectivity index (χ4v) is 5.91. The van der Waals surface area contributed by atoms with Crippen LogP contribution in [-0.4, -0.2) is 65.5 Å². The van der Waals surface area contributed by atoms with Gasteiger partial charge in [-0.05, 0) is 73.2 Å². The number of rotatable bonds is 4. The van der Waals surface area contributed by atoms with E-state index in [0.717, 1.165) is 35.5 Å². The molecule has 0 radical (unpaired) electrons. The molecule has 0 saturated carbocycles. The maximum Gasteiger partial charge on any atom is 0.320 e. The number of carbonyl (C=O) groups excluding carboxylic acids is 1. The first-order chi connectivity index (χ1) is 18.9. The van der Waals surface area contributed by atoms with Gasteiger partial charge in [0.25, 0.3) is 0 Å². The quantitative estimate of drug-likeness (QED) is 0.466. The standard InChI is InChI=1S/C31H33F2N5O/c1-21-2-12-27(13-3-21)34-30-29(24-6-10-26(33)11-7-24)35-28-20-37(18-19-38(28)30)31(39)36-16-14-23(15-17-36)22-4-8-25(32)9-5-22/h2-13,23,29-30,34H,14-20H2,1H3. The highest BCUT2D eigenvalue weighted by molar-refractivity contribution is 5.91. The number of fused-ring (bicyclic) bond motifs is 1. The molecule has 3 aliphatic heterocycles. The molecular formula is C31H33F2N5O. The number of halogens is 2. The fourth-order valence-electron chi connectivity index (χ4n) is 5.91. The Bertz CT molecular complexity index is 1330. The molecule has 39 heavy (non-hydrogen) atoms. The number of piperidine rings is 1. The van der Waals surface area contributed by atoms with Crippen molar-refractivity contribution in [2.24, 2.45) is 4.99 Å². The molecule has 3 aliphatic rings. The molecule has 0 aliphatic carbocycles. The first-order valence-electron chi connectivity index (χ1n) is 13.7. The van der Waals surface area contributed by atoms with E-state index >= 15 is 0 Å². The molecule has 2 atom stereocenters. The van der Waals surface area contributed by atoms with Gasteiger partial charge in [-0.15, -0.1) is 0 Å². The lowest BCUT2D eigenvalue weighted by Crippen LogP contribution is -2.58. The van der Waals surface area contributed by atoms with Crippen LogP contribution in [0.5, 0.6) is 0 Å². The molecule has 202 valence electrons. The topological polar surface area (TPSA) is 51.2 Å². The molecule has 6 nitrogen and oxygen atoms in total. The van der Waals surface area contributed by atoms with Gasteiger partial charge >= 0.3 is 6.03 Å². The first-order valence-corrected chi connectivity index (χ1v) is 13.7. The Morgan fingerprint density at radius 1 is 0.795 bits per heavy atom. The zero-order valence-corrected chi connectivity index (χ0v) is 22.1. The van der Waals surface area contributed by atoms with E-state index in [9.17, 15) is 13.6 Å². The third kappa shape index (κ3) is 5.33. The number of aryl methyl sites for hydroxylation is 1. The predicted octanol–water partition coefficient (Wildman–Crippen LogP) is 5.78. The van der Waals surface area contributed by atoms with Gasteiger partial charge in [-0.3, -0.25) is 4.99 Å². The normalized spacial score (nSPS) is 21.5. The Hall–Kier alpha value is -3.94. The van der Waals surface area contributed by atoms with Crippen LogP contribution in [0.15, 0.2) is 77.8 Å². The summed E-state index contributed by atoms with van der Waals surface area (Å²) in [5.74, 6) is 0.717. The van der Waals surface area contributed by atoms with Crippen molar-refractivity contribution in [2.75, 3.05) is 38.0 Å². The average Bonchev–Trinajstić information content (AvgIpc) is 3.32. The van der Waals surface area contributed by atoms with Crippen LogP contribution in [0, 0.1) is 18.6 Å². The van der Waals surface area contributed by atoms with Gasteiger partial charge in [-0.25, -0.2) is 13.6 Å². The average molecular weight is 530 g/mol. The van der Waals surface area contributed by atoms with Gasteiger partial charge in [0, 0.05) is 31.9 Å². The van der Waals surface area contributed by atoms with Crippen LogP contribution < -0.4 is 5.32 Å². The van der Waals surface area contributed by atoms with Gasteiger partial charge in [0.1, 0.15) is 29.7 Å². The number of amidine groups is 1. The Labute approximate surface area is 227 Å². The van der Waals surface area contributed by atoms with E-state index in [2.05, 4.69) is 41.4 Å². The molecule has 3 aromatic carbocycles. The molecule has 2 unspecified atom stereocenters. The summed E-state index contributed by atoms with van der Waals surface area (Å²) in [6.07, 6.45) is 1.61. The van der Waals surface area contributed by atoms with Gasteiger partial charge in [-0.2, -0.15) is 0 Å². The number of anilines is 1. The third-order valence-corrected chi connectivity index (χ3v) is 8.15. The van der Waals surface area contributed by atoms with E-state index in [1.807, 2.05) is 21.9 Å². The maximum atomic E-state index is 13.7. The summed E-state index contributed by atoms with van der Waals surface area (Å²) in [6, 6.07) is 21.3. The number of nitrogens with zero attached hydrogens (tertiary/aromatic N) is 4. The second-order valence-electron chi connectivity index (χ2n) is 10.7. The second kappa shape index (κ2) is 10.7. The predicted molar refractivity (Wildman–Crippen MR) is 149 cm³/mol. The summed E-state index contributed by atoms with van der Waals surface area (Å²) in [7, 11) is 0. The summed E-state index contributed by atoms with van der Waals surface area (Å²) in [5, 5.41) is 3.64. The van der Waals surface area contributed by atoms with E-state index in [-0.39, 0.29) is 29.9 Å². The molecule has 8 heteroatoms. The number of nitrogens with one attached hydrogen (secondary N) is 1. The molecule has 3 heterocycles. The first kappa shape index (κ1) is 25.3. The van der Waals surface area contributed by atoms with Crippen LogP contribution >= 0.6 is 0 Å². The van der Waals surface area contributed by atoms with E-state index < -0.39 is 0 Å². The number of aliphatic imine (C=N–C) groups is 1. The Morgan fingerprint density at radius 2 is 1.41 bits per heavy atom. The van der Waals surface area contributed by atoms with Crippen molar-refractivity contribution in [3.8, 4) is 0 Å². The molecule has 2 amide bonds. The van der Waals surface area contributed by atoms with E-state index in [4.69, 9.17) is 4.99 Å². The Kier molecular flexibility index (Phi) is 6.94. The SMILES string of the molecule is Cc1ccc(NC2C(c3ccc(F)cc3)N=C3CN(C(=O)N4CCC(c5ccc(F)cc5)CC4)CCN32)cc1. The summed E-state index contributed by atoms with van der Waals surface area (Å²) in [6.45, 7) is 5.15. The van der Waals surface area contributed by atoms with Crippen LogP contribution in [0.3, 0.4) is 0 Å². The number of amides is 2. The summed E-state index contributed by atoms with van der Waals surface area (Å²) < 4.78 is 27.0. The van der Waals surface area contributed by atoms with E-state index in [0.29, 0.717) is 38.6 Å². The van der Waals surface area contributed by atoms with Crippen LogP contribution in [0.1, 0.15) is 41.5 Å². The summed E-state index contributed by atoms with van der Waals surface area (Å²) in [5.41, 5.74) is 4.25. The van der Waals surface area contributed by atoms with Crippen LogP contribution in [0.2, 0.25) is 0 Å². The largest absolute Gasteiger partial charge is 0.363 e. The van der Waals surface area contributed by atoms with Crippen molar-refractivity contribution >= 4 is 17.6 Å². The van der Waals surface area contributed by atoms with Crippen molar-refractivity contribution in [2.45, 2.75) is 37.9 Å². The number of piperazine rings is 1. The highest BCUT2D eigenvalue weighted by Gasteiger charge is 2.41. The molecule has 0 bridgehead atoms. The lowest BCUT2D eigenvalue weighted by Gasteiger charge is -2.41. The zero-order chi connectivity index (χ0) is 26.9. The van der Waals surface area contributed by atoms with Gasteiger partial charge in [-0.1, -0.05) is 42.0 Å². The minimum atomic E-state index is -0.273. The second-order valence-corrected chi connectivity index (χ2v) is 10.7. The van der Waals surface area contributed by atoms with Crippen molar-refractivity contribution in [1.29, 1.82) is 0 Å². The number of carbonyl (C=O) groups is 1. The summed E-state index contributed by atoms with van der Waals surface area (Å²) >= 11 is 0. The number of hydrogen-bond acceptors (Lipinski definition) is 4. The highest BCUT2D eigenvalue weighted by atomic mass is 19.1. The highest BCUT2D eigenvalue weighted by Crippen LogP contribution is 2.35. The number of benzene rings is 3. The maximum absolute atomic E-state index is 13.7. The number of urea groups is 1. The van der Waals surface area contributed by atoms with Gasteiger partial charge < -0.3 is 20.0 Å². The Balaban J connectivity index is 1.15. The lowest BCUT2D eigenvalue weighted by atomic mass is 9.89. The molecule has 0 spiro atoms. The number of hydrogen-bond donors (Lipinski definition) is 1. The smallest absolute Gasteiger partial charge is 0.320 e. The van der Waals surface area contributed by atoms with Crippen molar-refractivity contribution in [1.82, 2.24) is 14.7 Å². The minimum Gasteiger partial charge on any atom is -0.363 e. The molecule has 2 saturated heterocycles. The van der Waals surface area contributed by atoms with Crippen molar-refractivity contribution < 1.29 is 13.6 Å². The number of likely N-dealkylation sites (tertiary alicyclic amines) is 1. The van der Waals surface area contributed by atoms with Gasteiger partial charge in [0.15, 0.2) is 0 Å². The van der Waals surface area contributed by atoms with E-state index in [1.165, 1.54) is 29.8 Å². The van der Waals surface area contributed by atoms with Gasteiger partial charge in [0.05, 0.1) is 6.54 Å². The molecule has 1 N–H and O–H groups in total. The molecule has 6 rings (SSSR count). The molecular weight excluding hydrogens is 496 g/mol. The van der Waals surface area contributed by atoms with E-state index in [1.54, 1.807) is 12.1 Å². The molecule has 2 fully saturated rings. The third-order valence-electron chi connectivity index (χ3n) is 8.15. The van der Waals surface area contributed by atoms with Gasteiger partial charge in [0.2, 0.25) is 0 Å². The fraction of sp³-hybridized carbons (Fsp3) is 0.355. The summed E-state index contributed by atoms with van der Waals surface area (Å²) in [4.78, 5) is 24.6. The monoisotopic (exact) mass is 529 g/mol. The minimum absolute atomic E-state index is 0.0446. The van der Waals surface area contributed by atoms with Crippen LogP contribution in [0.4, 0.5) is 19.3 Å². The lowest BCUT2D eigenvalue weighted by molar-refractivity contribution is 0.133. The van der Waals surface area contributed by atoms with Crippen LogP contribution in [0.25, 0.3) is 0 Å².